The second-order valence-corrected chi connectivity index (χ2v) is 4.83. The third-order valence-corrected chi connectivity index (χ3v) is 3.39. The van der Waals surface area contributed by atoms with E-state index in [9.17, 15) is 0 Å². The number of pyridine rings is 1. The number of fused-ring (bicyclic) bond motifs is 1. The fourth-order valence-corrected chi connectivity index (χ4v) is 2.24. The zero-order chi connectivity index (χ0) is 12.5. The van der Waals surface area contributed by atoms with Gasteiger partial charge in [0.25, 0.3) is 0 Å². The average molecular weight is 246 g/mol. The predicted molar refractivity (Wildman–Crippen MR) is 70.2 cm³/mol. The highest BCUT2D eigenvalue weighted by Crippen LogP contribution is 2.09. The lowest BCUT2D eigenvalue weighted by Gasteiger charge is -2.31. The van der Waals surface area contributed by atoms with Gasteiger partial charge in [-0.25, -0.2) is 4.98 Å². The Bertz CT molecular complexity index is 540. The van der Waals surface area contributed by atoms with Crippen molar-refractivity contribution in [2.75, 3.05) is 39.0 Å². The maximum absolute atomic E-state index is 5.86. The highest BCUT2D eigenvalue weighted by Gasteiger charge is 2.16. The molecule has 2 N–H and O–H groups in total. The van der Waals surface area contributed by atoms with Gasteiger partial charge in [0, 0.05) is 26.2 Å². The van der Waals surface area contributed by atoms with Crippen molar-refractivity contribution >= 4 is 11.5 Å². The standard InChI is InChI=1S/C12H18N6/c1-16-5-7-17(8-6-16)9-11-14-12-4-2-3-10(13)18(12)15-11/h2-4H,5-9,13H2,1H3. The topological polar surface area (TPSA) is 62.7 Å². The molecular weight excluding hydrogens is 228 g/mol. The number of aromatic nitrogens is 3. The van der Waals surface area contributed by atoms with Gasteiger partial charge in [-0.2, -0.15) is 4.52 Å². The fraction of sp³-hybridized carbons (Fsp3) is 0.500. The third-order valence-electron chi connectivity index (χ3n) is 3.39. The Balaban J connectivity index is 1.77. The summed E-state index contributed by atoms with van der Waals surface area (Å²) in [5, 5.41) is 4.45. The first-order valence-electron chi connectivity index (χ1n) is 6.23. The van der Waals surface area contributed by atoms with Crippen LogP contribution in [0.25, 0.3) is 5.65 Å². The van der Waals surface area contributed by atoms with Crippen LogP contribution in [0.4, 0.5) is 5.82 Å². The predicted octanol–water partition coefficient (Wildman–Crippen LogP) is 0.0589. The van der Waals surface area contributed by atoms with Crippen molar-refractivity contribution in [1.29, 1.82) is 0 Å². The van der Waals surface area contributed by atoms with Gasteiger partial charge in [0.15, 0.2) is 11.5 Å². The number of nitrogen functional groups attached to an aromatic ring is 1. The van der Waals surface area contributed by atoms with Crippen LogP contribution in [0.3, 0.4) is 0 Å². The van der Waals surface area contributed by atoms with Crippen LogP contribution in [0.15, 0.2) is 18.2 Å². The molecule has 0 amide bonds. The Hall–Kier alpha value is -1.66. The number of piperazine rings is 1. The van der Waals surface area contributed by atoms with E-state index < -0.39 is 0 Å². The molecule has 0 spiro atoms. The number of anilines is 1. The first kappa shape index (κ1) is 11.4. The molecule has 96 valence electrons. The van der Waals surface area contributed by atoms with Crippen molar-refractivity contribution < 1.29 is 0 Å². The lowest BCUT2D eigenvalue weighted by Crippen LogP contribution is -2.44. The van der Waals surface area contributed by atoms with Gasteiger partial charge in [0.1, 0.15) is 5.82 Å². The van der Waals surface area contributed by atoms with Gasteiger partial charge in [-0.1, -0.05) is 6.07 Å². The number of rotatable bonds is 2. The molecular formula is C12H18N6. The Labute approximate surface area is 106 Å². The van der Waals surface area contributed by atoms with Crippen molar-refractivity contribution in [3.05, 3.63) is 24.0 Å². The Morgan fingerprint density at radius 2 is 2.00 bits per heavy atom. The van der Waals surface area contributed by atoms with E-state index >= 15 is 0 Å². The van der Waals surface area contributed by atoms with E-state index in [1.54, 1.807) is 4.52 Å². The van der Waals surface area contributed by atoms with E-state index in [-0.39, 0.29) is 0 Å². The number of hydrogen-bond donors (Lipinski definition) is 1. The van der Waals surface area contributed by atoms with Crippen molar-refractivity contribution in [2.24, 2.45) is 0 Å². The molecule has 1 fully saturated rings. The van der Waals surface area contributed by atoms with Crippen LogP contribution in [0.1, 0.15) is 5.82 Å². The van der Waals surface area contributed by atoms with Crippen LogP contribution < -0.4 is 5.73 Å². The molecule has 0 bridgehead atoms. The van der Waals surface area contributed by atoms with E-state index in [1.165, 1.54) is 0 Å². The maximum atomic E-state index is 5.86. The minimum atomic E-state index is 0.629. The number of nitrogens with two attached hydrogens (primary N) is 1. The minimum Gasteiger partial charge on any atom is -0.384 e. The van der Waals surface area contributed by atoms with Crippen LogP contribution in [0.5, 0.6) is 0 Å². The van der Waals surface area contributed by atoms with E-state index in [0.29, 0.717) is 5.82 Å². The number of hydrogen-bond acceptors (Lipinski definition) is 5. The fourth-order valence-electron chi connectivity index (χ4n) is 2.24. The maximum Gasteiger partial charge on any atom is 0.165 e. The number of likely N-dealkylation sites (N-methyl/N-ethyl adjacent to an activating group) is 1. The molecule has 0 unspecified atom stereocenters. The van der Waals surface area contributed by atoms with Crippen LogP contribution in [-0.4, -0.2) is 57.6 Å². The van der Waals surface area contributed by atoms with Gasteiger partial charge < -0.3 is 10.6 Å². The normalized spacial score (nSPS) is 18.5. The van der Waals surface area contributed by atoms with Crippen molar-refractivity contribution in [2.45, 2.75) is 6.54 Å². The van der Waals surface area contributed by atoms with Gasteiger partial charge in [-0.3, -0.25) is 4.90 Å². The molecule has 6 nitrogen and oxygen atoms in total. The highest BCUT2D eigenvalue weighted by atomic mass is 15.3. The second kappa shape index (κ2) is 4.55. The van der Waals surface area contributed by atoms with Crippen molar-refractivity contribution in [1.82, 2.24) is 24.4 Å². The van der Waals surface area contributed by atoms with Crippen LogP contribution in [-0.2, 0) is 6.54 Å². The summed E-state index contributed by atoms with van der Waals surface area (Å²) in [5.41, 5.74) is 6.68. The van der Waals surface area contributed by atoms with Crippen LogP contribution >= 0.6 is 0 Å². The van der Waals surface area contributed by atoms with Crippen molar-refractivity contribution in [3.63, 3.8) is 0 Å². The quantitative estimate of drug-likeness (QED) is 0.812. The summed E-state index contributed by atoms with van der Waals surface area (Å²) in [7, 11) is 2.15. The second-order valence-electron chi connectivity index (χ2n) is 4.83. The molecule has 1 aliphatic rings. The van der Waals surface area contributed by atoms with Gasteiger partial charge in [0.2, 0.25) is 0 Å². The molecule has 0 atom stereocenters. The van der Waals surface area contributed by atoms with Gasteiger partial charge in [-0.15, -0.1) is 5.10 Å². The SMILES string of the molecule is CN1CCN(Cc2nc3cccc(N)n3n2)CC1. The molecule has 18 heavy (non-hydrogen) atoms. The smallest absolute Gasteiger partial charge is 0.165 e. The Morgan fingerprint density at radius 3 is 2.72 bits per heavy atom. The third kappa shape index (κ3) is 2.16. The minimum absolute atomic E-state index is 0.629. The molecule has 0 saturated carbocycles. The molecule has 0 aromatic carbocycles. The van der Waals surface area contributed by atoms with Gasteiger partial charge in [-0.05, 0) is 19.2 Å². The van der Waals surface area contributed by atoms with Gasteiger partial charge in [0.05, 0.1) is 6.54 Å². The molecule has 1 saturated heterocycles. The summed E-state index contributed by atoms with van der Waals surface area (Å²) in [6.45, 7) is 5.16. The molecule has 2 aromatic rings. The van der Waals surface area contributed by atoms with E-state index in [0.717, 1.165) is 44.2 Å². The molecule has 0 aliphatic carbocycles. The largest absolute Gasteiger partial charge is 0.384 e. The van der Waals surface area contributed by atoms with Crippen LogP contribution in [0, 0.1) is 0 Å². The summed E-state index contributed by atoms with van der Waals surface area (Å²) in [4.78, 5) is 9.22. The van der Waals surface area contributed by atoms with Gasteiger partial charge >= 0.3 is 0 Å². The number of nitrogens with zero attached hydrogens (tertiary/aromatic N) is 5. The first-order valence-corrected chi connectivity index (χ1v) is 6.23. The molecule has 2 aromatic heterocycles. The Morgan fingerprint density at radius 1 is 1.22 bits per heavy atom. The molecule has 3 heterocycles. The first-order chi connectivity index (χ1) is 8.72. The molecule has 0 radical (unpaired) electrons. The monoisotopic (exact) mass is 246 g/mol. The van der Waals surface area contributed by atoms with E-state index in [4.69, 9.17) is 5.73 Å². The summed E-state index contributed by atoms with van der Waals surface area (Å²) < 4.78 is 1.70. The summed E-state index contributed by atoms with van der Waals surface area (Å²) in [6, 6.07) is 5.66. The van der Waals surface area contributed by atoms with Crippen LogP contribution in [0.2, 0.25) is 0 Å². The summed E-state index contributed by atoms with van der Waals surface area (Å²) >= 11 is 0. The summed E-state index contributed by atoms with van der Waals surface area (Å²) in [6.07, 6.45) is 0. The average Bonchev–Trinajstić information content (AvgIpc) is 2.76. The Kier molecular flexibility index (Phi) is 2.89. The van der Waals surface area contributed by atoms with E-state index in [2.05, 4.69) is 26.9 Å². The molecule has 6 heteroatoms. The zero-order valence-corrected chi connectivity index (χ0v) is 10.6. The molecule has 3 rings (SSSR count). The summed E-state index contributed by atoms with van der Waals surface area (Å²) in [5.74, 6) is 1.47. The lowest BCUT2D eigenvalue weighted by atomic mass is 10.3. The van der Waals surface area contributed by atoms with Crippen molar-refractivity contribution in [3.8, 4) is 0 Å². The zero-order valence-electron chi connectivity index (χ0n) is 10.6. The van der Waals surface area contributed by atoms with E-state index in [1.807, 2.05) is 18.2 Å². The lowest BCUT2D eigenvalue weighted by molar-refractivity contribution is 0.145. The molecule has 1 aliphatic heterocycles. The highest BCUT2D eigenvalue weighted by molar-refractivity contribution is 5.45.